The number of H-pyrrole nitrogens is 1. The van der Waals surface area contributed by atoms with Crippen LogP contribution >= 0.6 is 0 Å². The molecule has 0 spiro atoms. The lowest BCUT2D eigenvalue weighted by molar-refractivity contribution is -0.143. The van der Waals surface area contributed by atoms with Crippen LogP contribution in [0.4, 0.5) is 0 Å². The first-order valence-corrected chi connectivity index (χ1v) is 6.13. The van der Waals surface area contributed by atoms with Crippen LogP contribution in [0.15, 0.2) is 24.7 Å². The Morgan fingerprint density at radius 1 is 1.50 bits per heavy atom. The monoisotopic (exact) mass is 245 g/mol. The van der Waals surface area contributed by atoms with Gasteiger partial charge in [-0.25, -0.2) is 0 Å². The van der Waals surface area contributed by atoms with Crippen LogP contribution in [0, 0.1) is 5.92 Å². The van der Waals surface area contributed by atoms with Crippen LogP contribution < -0.4 is 5.32 Å². The van der Waals surface area contributed by atoms with Crippen molar-refractivity contribution in [2.75, 3.05) is 6.54 Å². The zero-order valence-corrected chi connectivity index (χ0v) is 9.89. The Morgan fingerprint density at radius 3 is 3.22 bits per heavy atom. The van der Waals surface area contributed by atoms with Gasteiger partial charge in [0.2, 0.25) is 0 Å². The Bertz CT molecular complexity index is 578. The molecular weight excluding hydrogens is 230 g/mol. The maximum atomic E-state index is 11.1. The summed E-state index contributed by atoms with van der Waals surface area (Å²) in [5.41, 5.74) is 2.16. The molecule has 2 unspecified atom stereocenters. The van der Waals surface area contributed by atoms with E-state index in [9.17, 15) is 4.79 Å². The number of aliphatic carboxylic acids is 1. The fourth-order valence-electron chi connectivity index (χ4n) is 2.65. The van der Waals surface area contributed by atoms with E-state index in [4.69, 9.17) is 5.11 Å². The van der Waals surface area contributed by atoms with Crippen molar-refractivity contribution in [3.63, 3.8) is 0 Å². The van der Waals surface area contributed by atoms with Crippen molar-refractivity contribution in [2.24, 2.45) is 5.92 Å². The first-order chi connectivity index (χ1) is 8.75. The molecular formula is C13H15N3O2. The minimum absolute atomic E-state index is 0.0952. The molecule has 3 N–H and O–H groups in total. The molecule has 94 valence electrons. The summed E-state index contributed by atoms with van der Waals surface area (Å²) in [6.07, 6.45) is 6.86. The van der Waals surface area contributed by atoms with E-state index in [2.05, 4.69) is 15.3 Å². The van der Waals surface area contributed by atoms with Crippen LogP contribution in [0.25, 0.3) is 10.9 Å². The highest BCUT2D eigenvalue weighted by atomic mass is 16.4. The number of carbonyl (C=O) groups is 1. The molecule has 0 aromatic carbocycles. The Morgan fingerprint density at radius 2 is 2.39 bits per heavy atom. The minimum Gasteiger partial charge on any atom is -0.481 e. The van der Waals surface area contributed by atoms with Gasteiger partial charge in [-0.1, -0.05) is 0 Å². The lowest BCUT2D eigenvalue weighted by atomic mass is 9.89. The highest BCUT2D eigenvalue weighted by Crippen LogP contribution is 2.31. The third-order valence-corrected chi connectivity index (χ3v) is 3.64. The zero-order valence-electron chi connectivity index (χ0n) is 9.89. The van der Waals surface area contributed by atoms with Crippen molar-refractivity contribution in [3.8, 4) is 0 Å². The van der Waals surface area contributed by atoms with Gasteiger partial charge in [-0.2, -0.15) is 0 Å². The molecule has 0 bridgehead atoms. The summed E-state index contributed by atoms with van der Waals surface area (Å²) in [6, 6.07) is 2.02. The standard InChI is InChI=1S/C13H15N3O2/c17-13(18)8-1-4-15-12(5-8)10-7-16-11-2-3-14-6-9(10)11/h2-3,6-8,12,15-16H,1,4-5H2,(H,17,18). The van der Waals surface area contributed by atoms with E-state index in [1.165, 1.54) is 0 Å². The van der Waals surface area contributed by atoms with Gasteiger partial charge in [0.05, 0.1) is 5.92 Å². The number of rotatable bonds is 2. The molecule has 5 nitrogen and oxygen atoms in total. The number of aromatic amines is 1. The van der Waals surface area contributed by atoms with E-state index >= 15 is 0 Å². The van der Waals surface area contributed by atoms with E-state index in [1.54, 1.807) is 6.20 Å². The molecule has 3 rings (SSSR count). The van der Waals surface area contributed by atoms with Crippen molar-refractivity contribution in [2.45, 2.75) is 18.9 Å². The normalized spacial score (nSPS) is 24.2. The van der Waals surface area contributed by atoms with Gasteiger partial charge in [-0.05, 0) is 31.0 Å². The maximum Gasteiger partial charge on any atom is 0.306 e. The molecule has 1 saturated heterocycles. The fraction of sp³-hybridized carbons (Fsp3) is 0.385. The van der Waals surface area contributed by atoms with Gasteiger partial charge in [-0.15, -0.1) is 0 Å². The van der Waals surface area contributed by atoms with E-state index in [1.807, 2.05) is 18.5 Å². The average molecular weight is 245 g/mol. The summed E-state index contributed by atoms with van der Waals surface area (Å²) in [4.78, 5) is 18.4. The molecule has 0 amide bonds. The third-order valence-electron chi connectivity index (χ3n) is 3.64. The van der Waals surface area contributed by atoms with Gasteiger partial charge in [0, 0.05) is 35.5 Å². The maximum absolute atomic E-state index is 11.1. The highest BCUT2D eigenvalue weighted by molar-refractivity contribution is 5.82. The Balaban J connectivity index is 1.92. The number of hydrogen-bond acceptors (Lipinski definition) is 3. The van der Waals surface area contributed by atoms with Crippen LogP contribution in [-0.4, -0.2) is 27.6 Å². The summed E-state index contributed by atoms with van der Waals surface area (Å²) < 4.78 is 0. The summed E-state index contributed by atoms with van der Waals surface area (Å²) in [6.45, 7) is 0.745. The predicted octanol–water partition coefficient (Wildman–Crippen LogP) is 1.69. The van der Waals surface area contributed by atoms with Gasteiger partial charge in [0.1, 0.15) is 0 Å². The van der Waals surface area contributed by atoms with Gasteiger partial charge in [0.25, 0.3) is 0 Å². The topological polar surface area (TPSA) is 78.0 Å². The SMILES string of the molecule is O=C(O)C1CCNC(c2c[nH]c3ccncc23)C1. The molecule has 2 aromatic rings. The molecule has 1 fully saturated rings. The van der Waals surface area contributed by atoms with Crippen molar-refractivity contribution >= 4 is 16.9 Å². The largest absolute Gasteiger partial charge is 0.481 e. The van der Waals surface area contributed by atoms with Crippen molar-refractivity contribution < 1.29 is 9.90 Å². The Labute approximate surface area is 104 Å². The number of nitrogens with zero attached hydrogens (tertiary/aromatic N) is 1. The molecule has 2 atom stereocenters. The van der Waals surface area contributed by atoms with Gasteiger partial charge in [-0.3, -0.25) is 9.78 Å². The van der Waals surface area contributed by atoms with E-state index in [0.29, 0.717) is 12.8 Å². The zero-order chi connectivity index (χ0) is 12.5. The fourth-order valence-corrected chi connectivity index (χ4v) is 2.65. The Kier molecular flexibility index (Phi) is 2.76. The molecule has 3 heterocycles. The van der Waals surface area contributed by atoms with Crippen LogP contribution in [0.3, 0.4) is 0 Å². The second-order valence-electron chi connectivity index (χ2n) is 4.73. The molecule has 0 aliphatic carbocycles. The highest BCUT2D eigenvalue weighted by Gasteiger charge is 2.28. The van der Waals surface area contributed by atoms with E-state index < -0.39 is 5.97 Å². The summed E-state index contributed by atoms with van der Waals surface area (Å²) in [5, 5.41) is 13.6. The molecule has 0 radical (unpaired) electrons. The van der Waals surface area contributed by atoms with Crippen molar-refractivity contribution in [3.05, 3.63) is 30.2 Å². The number of hydrogen-bond donors (Lipinski definition) is 3. The van der Waals surface area contributed by atoms with Crippen LogP contribution in [0.2, 0.25) is 0 Å². The smallest absolute Gasteiger partial charge is 0.306 e. The molecule has 5 heteroatoms. The van der Waals surface area contributed by atoms with E-state index in [0.717, 1.165) is 23.0 Å². The second kappa shape index (κ2) is 4.42. The first-order valence-electron chi connectivity index (χ1n) is 6.13. The third kappa shape index (κ3) is 1.86. The molecule has 1 aliphatic rings. The van der Waals surface area contributed by atoms with Crippen molar-refractivity contribution in [1.29, 1.82) is 0 Å². The van der Waals surface area contributed by atoms with Gasteiger partial charge < -0.3 is 15.4 Å². The van der Waals surface area contributed by atoms with Gasteiger partial charge in [0.15, 0.2) is 0 Å². The van der Waals surface area contributed by atoms with Crippen LogP contribution in [-0.2, 0) is 4.79 Å². The summed E-state index contributed by atoms with van der Waals surface area (Å²) >= 11 is 0. The number of carboxylic acid groups (broad SMARTS) is 1. The molecule has 1 aliphatic heterocycles. The number of carboxylic acids is 1. The van der Waals surface area contributed by atoms with E-state index in [-0.39, 0.29) is 12.0 Å². The first kappa shape index (κ1) is 11.2. The van der Waals surface area contributed by atoms with Gasteiger partial charge >= 0.3 is 5.97 Å². The molecule has 0 saturated carbocycles. The number of piperidine rings is 1. The summed E-state index contributed by atoms with van der Waals surface area (Å²) in [7, 11) is 0. The molecule has 2 aromatic heterocycles. The van der Waals surface area contributed by atoms with Crippen molar-refractivity contribution in [1.82, 2.24) is 15.3 Å². The minimum atomic E-state index is -0.695. The number of aromatic nitrogens is 2. The lowest BCUT2D eigenvalue weighted by Gasteiger charge is -2.27. The molecule has 18 heavy (non-hydrogen) atoms. The Hall–Kier alpha value is -1.88. The second-order valence-corrected chi connectivity index (χ2v) is 4.73. The quantitative estimate of drug-likeness (QED) is 0.752. The van der Waals surface area contributed by atoms with Crippen LogP contribution in [0.1, 0.15) is 24.4 Å². The predicted molar refractivity (Wildman–Crippen MR) is 67.2 cm³/mol. The average Bonchev–Trinajstić information content (AvgIpc) is 2.82. The number of nitrogens with one attached hydrogen (secondary N) is 2. The lowest BCUT2D eigenvalue weighted by Crippen LogP contribution is -2.34. The number of fused-ring (bicyclic) bond motifs is 1. The van der Waals surface area contributed by atoms with Crippen LogP contribution in [0.5, 0.6) is 0 Å². The number of pyridine rings is 1. The summed E-state index contributed by atoms with van der Waals surface area (Å²) in [5.74, 6) is -0.947.